The number of hydrogen-bond donors (Lipinski definition) is 0. The highest BCUT2D eigenvalue weighted by atomic mass is 19.3. The molecule has 40 heavy (non-hydrogen) atoms. The minimum absolute atomic E-state index is 0.0680. The smallest absolute Gasteiger partial charge is 0.257 e. The Kier molecular flexibility index (Phi) is 8.32. The van der Waals surface area contributed by atoms with Crippen LogP contribution in [0.5, 0.6) is 11.5 Å². The van der Waals surface area contributed by atoms with Gasteiger partial charge in [-0.1, -0.05) is 36.0 Å². The molecule has 0 atom stereocenters. The van der Waals surface area contributed by atoms with Crippen LogP contribution >= 0.6 is 0 Å². The van der Waals surface area contributed by atoms with Crippen LogP contribution in [0.25, 0.3) is 28.4 Å². The molecule has 0 unspecified atom stereocenters. The molecule has 0 bridgehead atoms. The molecule has 4 rings (SSSR count). The van der Waals surface area contributed by atoms with E-state index in [1.807, 2.05) is 18.2 Å². The number of ketones is 1. The number of methoxy groups -OCH3 is 2. The van der Waals surface area contributed by atoms with Crippen molar-refractivity contribution in [1.82, 2.24) is 15.1 Å². The van der Waals surface area contributed by atoms with Gasteiger partial charge in [-0.05, 0) is 37.8 Å². The predicted molar refractivity (Wildman–Crippen MR) is 150 cm³/mol. The maximum atomic E-state index is 13.9. The van der Waals surface area contributed by atoms with Gasteiger partial charge in [-0.2, -0.15) is 0 Å². The fourth-order valence-corrected chi connectivity index (χ4v) is 4.32. The first-order valence-electron chi connectivity index (χ1n) is 13.0. The molecule has 2 heterocycles. The lowest BCUT2D eigenvalue weighted by molar-refractivity contribution is -0.118. The maximum absolute atomic E-state index is 13.9. The summed E-state index contributed by atoms with van der Waals surface area (Å²) in [5.74, 6) is -1.61. The number of Topliss-reactive ketones (excluding diaryl/α,β-unsaturated/α-hetero) is 1. The van der Waals surface area contributed by atoms with Gasteiger partial charge in [0, 0.05) is 43.5 Å². The lowest BCUT2D eigenvalue weighted by atomic mass is 9.83. The second-order valence-electron chi connectivity index (χ2n) is 10.3. The van der Waals surface area contributed by atoms with E-state index in [1.54, 1.807) is 44.7 Å². The van der Waals surface area contributed by atoms with Crippen molar-refractivity contribution in [3.05, 3.63) is 71.8 Å². The van der Waals surface area contributed by atoms with E-state index in [9.17, 15) is 13.6 Å². The summed E-state index contributed by atoms with van der Waals surface area (Å²) in [5.41, 5.74) is 3.65. The molecule has 9 heteroatoms. The van der Waals surface area contributed by atoms with Crippen molar-refractivity contribution >= 4 is 22.9 Å². The lowest BCUT2D eigenvalue weighted by Gasteiger charge is -2.28. The summed E-state index contributed by atoms with van der Waals surface area (Å²) in [5, 5.41) is 3.92. The normalized spacial score (nSPS) is 12.0. The van der Waals surface area contributed by atoms with Gasteiger partial charge < -0.3 is 14.0 Å². The Morgan fingerprint density at radius 2 is 1.75 bits per heavy atom. The SMILES string of the molecule is C=Cc1cc(CC(=O)CCCc2cc(C(C)(C)C(C)(F)F)on2)ccc1-c1cnc2cc(OC)c(OC)cc2n1. The molecule has 0 spiro atoms. The number of halogens is 2. The molecular formula is C31H33F2N3O4. The fraction of sp³-hybridized carbons (Fsp3) is 0.355. The van der Waals surface area contributed by atoms with Gasteiger partial charge in [0.15, 0.2) is 11.5 Å². The number of rotatable bonds is 12. The van der Waals surface area contributed by atoms with Crippen LogP contribution in [0.3, 0.4) is 0 Å². The molecule has 2 aromatic heterocycles. The minimum atomic E-state index is -2.96. The van der Waals surface area contributed by atoms with Crippen molar-refractivity contribution in [1.29, 1.82) is 0 Å². The van der Waals surface area contributed by atoms with Crippen molar-refractivity contribution in [2.24, 2.45) is 0 Å². The standard InChI is InChI=1S/C31H33F2N3O4/c1-7-20-13-19(14-22(37)10-8-9-21-15-29(40-36-21)30(2,3)31(4,32)33)11-12-23(20)26-18-34-24-16-27(38-5)28(39-6)17-25(24)35-26/h7,11-13,15-18H,1,8-10,14H2,2-6H3. The van der Waals surface area contributed by atoms with E-state index in [0.29, 0.717) is 53.2 Å². The number of ether oxygens (including phenoxy) is 2. The molecule has 0 aliphatic rings. The summed E-state index contributed by atoms with van der Waals surface area (Å²) < 4.78 is 43.7. The summed E-state index contributed by atoms with van der Waals surface area (Å²) in [6.45, 7) is 7.64. The first kappa shape index (κ1) is 28.9. The van der Waals surface area contributed by atoms with Gasteiger partial charge in [0.2, 0.25) is 0 Å². The van der Waals surface area contributed by atoms with E-state index in [2.05, 4.69) is 16.7 Å². The molecule has 0 saturated heterocycles. The van der Waals surface area contributed by atoms with E-state index >= 15 is 0 Å². The van der Waals surface area contributed by atoms with Crippen LogP contribution in [0.15, 0.2) is 53.7 Å². The topological polar surface area (TPSA) is 87.3 Å². The largest absolute Gasteiger partial charge is 0.493 e. The van der Waals surface area contributed by atoms with Crippen molar-refractivity contribution < 1.29 is 27.6 Å². The van der Waals surface area contributed by atoms with Gasteiger partial charge in [-0.3, -0.25) is 9.78 Å². The van der Waals surface area contributed by atoms with Gasteiger partial charge in [-0.25, -0.2) is 13.8 Å². The van der Waals surface area contributed by atoms with Crippen molar-refractivity contribution in [3.8, 4) is 22.8 Å². The number of aromatic nitrogens is 3. The zero-order chi connectivity index (χ0) is 29.1. The van der Waals surface area contributed by atoms with Gasteiger partial charge >= 0.3 is 0 Å². The van der Waals surface area contributed by atoms with Crippen LogP contribution in [-0.4, -0.2) is 41.0 Å². The van der Waals surface area contributed by atoms with Crippen LogP contribution in [0, 0.1) is 0 Å². The predicted octanol–water partition coefficient (Wildman–Crippen LogP) is 7.01. The van der Waals surface area contributed by atoms with Crippen LogP contribution in [-0.2, 0) is 23.1 Å². The number of hydrogen-bond acceptors (Lipinski definition) is 7. The van der Waals surface area contributed by atoms with Gasteiger partial charge in [0.05, 0.1) is 48.3 Å². The zero-order valence-electron chi connectivity index (χ0n) is 23.4. The Bertz CT molecular complexity index is 1540. The Balaban J connectivity index is 1.41. The first-order valence-corrected chi connectivity index (χ1v) is 13.0. The minimum Gasteiger partial charge on any atom is -0.493 e. The third-order valence-electron chi connectivity index (χ3n) is 7.22. The molecule has 0 saturated carbocycles. The molecule has 4 aromatic rings. The van der Waals surface area contributed by atoms with Crippen LogP contribution in [0.4, 0.5) is 8.78 Å². The summed E-state index contributed by atoms with van der Waals surface area (Å²) in [6.07, 6.45) is 5.03. The van der Waals surface area contributed by atoms with Crippen LogP contribution in [0.1, 0.15) is 56.2 Å². The third-order valence-corrected chi connectivity index (χ3v) is 7.22. The van der Waals surface area contributed by atoms with Crippen LogP contribution in [0.2, 0.25) is 0 Å². The molecule has 0 N–H and O–H groups in total. The van der Waals surface area contributed by atoms with E-state index in [1.165, 1.54) is 13.8 Å². The highest BCUT2D eigenvalue weighted by Crippen LogP contribution is 2.39. The molecule has 0 radical (unpaired) electrons. The van der Waals surface area contributed by atoms with Crippen molar-refractivity contribution in [3.63, 3.8) is 0 Å². The Morgan fingerprint density at radius 1 is 1.05 bits per heavy atom. The van der Waals surface area contributed by atoms with E-state index < -0.39 is 11.3 Å². The van der Waals surface area contributed by atoms with Crippen molar-refractivity contribution in [2.75, 3.05) is 14.2 Å². The van der Waals surface area contributed by atoms with E-state index in [4.69, 9.17) is 19.0 Å². The van der Waals surface area contributed by atoms with Gasteiger partial charge in [0.25, 0.3) is 5.92 Å². The fourth-order valence-electron chi connectivity index (χ4n) is 4.32. The summed E-state index contributed by atoms with van der Waals surface area (Å²) in [4.78, 5) is 22.0. The van der Waals surface area contributed by atoms with E-state index in [-0.39, 0.29) is 18.0 Å². The average Bonchev–Trinajstić information content (AvgIpc) is 3.41. The number of benzene rings is 2. The van der Waals surface area contributed by atoms with E-state index in [0.717, 1.165) is 23.6 Å². The number of carbonyl (C=O) groups is 1. The zero-order valence-corrected chi connectivity index (χ0v) is 23.4. The number of fused-ring (bicyclic) bond motifs is 1. The number of alkyl halides is 2. The number of aryl methyl sites for hydroxylation is 1. The molecule has 0 amide bonds. The number of nitrogens with zero attached hydrogens (tertiary/aromatic N) is 3. The molecule has 0 fully saturated rings. The summed E-state index contributed by atoms with van der Waals surface area (Å²) in [7, 11) is 3.14. The van der Waals surface area contributed by atoms with Crippen molar-refractivity contribution in [2.45, 2.75) is 57.8 Å². The quantitative estimate of drug-likeness (QED) is 0.188. The van der Waals surface area contributed by atoms with Crippen LogP contribution < -0.4 is 9.47 Å². The second kappa shape index (κ2) is 11.5. The summed E-state index contributed by atoms with van der Waals surface area (Å²) >= 11 is 0. The highest BCUT2D eigenvalue weighted by Gasteiger charge is 2.46. The van der Waals surface area contributed by atoms with Gasteiger partial charge in [0.1, 0.15) is 11.5 Å². The Morgan fingerprint density at radius 3 is 2.40 bits per heavy atom. The van der Waals surface area contributed by atoms with Gasteiger partial charge in [-0.15, -0.1) is 0 Å². The Labute approximate surface area is 232 Å². The maximum Gasteiger partial charge on any atom is 0.257 e. The lowest BCUT2D eigenvalue weighted by Crippen LogP contribution is -2.37. The Hall–Kier alpha value is -4.14. The average molecular weight is 550 g/mol. The first-order chi connectivity index (χ1) is 19.0. The monoisotopic (exact) mass is 549 g/mol. The highest BCUT2D eigenvalue weighted by molar-refractivity contribution is 5.84. The molecule has 0 aliphatic heterocycles. The second-order valence-corrected chi connectivity index (χ2v) is 10.3. The molecule has 2 aromatic carbocycles. The molecular weight excluding hydrogens is 516 g/mol. The molecule has 7 nitrogen and oxygen atoms in total. The molecule has 210 valence electrons. The summed E-state index contributed by atoms with van der Waals surface area (Å²) in [6, 6.07) is 10.9. The number of carbonyl (C=O) groups excluding carboxylic acids is 1. The third kappa shape index (κ3) is 6.03. The molecule has 0 aliphatic carbocycles.